The van der Waals surface area contributed by atoms with Gasteiger partial charge in [-0.25, -0.2) is 9.79 Å². The van der Waals surface area contributed by atoms with Crippen LogP contribution in [0.25, 0.3) is 6.08 Å². The molecule has 0 fully saturated rings. The number of nitrogens with zero attached hydrogens (tertiary/aromatic N) is 2. The van der Waals surface area contributed by atoms with Crippen molar-refractivity contribution >= 4 is 34.7 Å². The summed E-state index contributed by atoms with van der Waals surface area (Å²) in [5, 5.41) is 1.92. The molecule has 0 amide bonds. The summed E-state index contributed by atoms with van der Waals surface area (Å²) in [6.07, 6.45) is 1.76. The minimum absolute atomic E-state index is 0.230. The molecule has 0 unspecified atom stereocenters. The van der Waals surface area contributed by atoms with E-state index in [4.69, 9.17) is 14.2 Å². The van der Waals surface area contributed by atoms with Crippen molar-refractivity contribution in [1.29, 1.82) is 0 Å². The average Bonchev–Trinajstić information content (AvgIpc) is 3.41. The maximum atomic E-state index is 13.6. The number of para-hydroxylation sites is 1. The number of benzene rings is 1. The zero-order chi connectivity index (χ0) is 22.8. The van der Waals surface area contributed by atoms with Crippen LogP contribution in [0.5, 0.6) is 11.5 Å². The monoisotopic (exact) mass is 470 g/mol. The molecule has 0 radical (unpaired) electrons. The van der Waals surface area contributed by atoms with Gasteiger partial charge in [-0.2, -0.15) is 0 Å². The van der Waals surface area contributed by atoms with E-state index in [1.165, 1.54) is 22.7 Å². The van der Waals surface area contributed by atoms with Crippen LogP contribution in [0.2, 0.25) is 0 Å². The maximum Gasteiger partial charge on any atom is 0.338 e. The molecule has 2 aromatic heterocycles. The van der Waals surface area contributed by atoms with Gasteiger partial charge in [0, 0.05) is 10.4 Å². The van der Waals surface area contributed by atoms with E-state index in [2.05, 4.69) is 4.99 Å². The van der Waals surface area contributed by atoms with Crippen LogP contribution < -0.4 is 24.4 Å². The molecule has 7 nitrogen and oxygen atoms in total. The van der Waals surface area contributed by atoms with Crippen LogP contribution in [0.4, 0.5) is 0 Å². The molecule has 1 atom stereocenters. The van der Waals surface area contributed by atoms with Crippen molar-refractivity contribution < 1.29 is 19.0 Å². The molecule has 0 saturated heterocycles. The van der Waals surface area contributed by atoms with Gasteiger partial charge in [0.05, 0.1) is 36.6 Å². The average molecular weight is 471 g/mol. The number of allylic oxidation sites excluding steroid dienone is 1. The highest BCUT2D eigenvalue weighted by Gasteiger charge is 2.33. The lowest BCUT2D eigenvalue weighted by Crippen LogP contribution is -2.39. The van der Waals surface area contributed by atoms with E-state index >= 15 is 0 Å². The minimum atomic E-state index is -0.584. The molecule has 1 aliphatic heterocycles. The van der Waals surface area contributed by atoms with Gasteiger partial charge in [-0.3, -0.25) is 9.36 Å². The number of ether oxygens (including phenoxy) is 3. The normalized spacial score (nSPS) is 15.9. The largest absolute Gasteiger partial charge is 0.493 e. The standard InChI is InChI=1S/C23H22N2O5S2/c1-5-30-22(27)18-13(2)24-23-25(19(18)16-10-7-11-31-16)21(26)17(32-23)12-14-8-6-9-15(28-3)20(14)29-4/h6-12,19H,5H2,1-4H3/b17-12+/t19-/m1/s1. The second-order valence-corrected chi connectivity index (χ2v) is 8.89. The topological polar surface area (TPSA) is 79.1 Å². The van der Waals surface area contributed by atoms with E-state index in [-0.39, 0.29) is 12.2 Å². The first kappa shape index (κ1) is 22.0. The van der Waals surface area contributed by atoms with Gasteiger partial charge in [-0.1, -0.05) is 29.5 Å². The summed E-state index contributed by atoms with van der Waals surface area (Å²) >= 11 is 2.75. The summed E-state index contributed by atoms with van der Waals surface area (Å²) < 4.78 is 18.2. The zero-order valence-electron chi connectivity index (χ0n) is 18.1. The van der Waals surface area contributed by atoms with Crippen LogP contribution in [0, 0.1) is 0 Å². The Bertz CT molecular complexity index is 1370. The molecule has 32 heavy (non-hydrogen) atoms. The predicted octanol–water partition coefficient (Wildman–Crippen LogP) is 2.88. The van der Waals surface area contributed by atoms with E-state index in [0.717, 1.165) is 4.88 Å². The Morgan fingerprint density at radius 3 is 2.69 bits per heavy atom. The quantitative estimate of drug-likeness (QED) is 0.518. The summed E-state index contributed by atoms with van der Waals surface area (Å²) in [5.74, 6) is 0.654. The van der Waals surface area contributed by atoms with Crippen molar-refractivity contribution in [3.8, 4) is 11.5 Å². The Kier molecular flexibility index (Phi) is 6.29. The van der Waals surface area contributed by atoms with Gasteiger partial charge in [0.25, 0.3) is 5.56 Å². The van der Waals surface area contributed by atoms with E-state index < -0.39 is 12.0 Å². The predicted molar refractivity (Wildman–Crippen MR) is 124 cm³/mol. The first-order valence-corrected chi connectivity index (χ1v) is 11.6. The van der Waals surface area contributed by atoms with Crippen LogP contribution in [0.15, 0.2) is 56.8 Å². The number of thiazole rings is 1. The first-order chi connectivity index (χ1) is 15.5. The minimum Gasteiger partial charge on any atom is -0.493 e. The number of carbonyl (C=O) groups is 1. The Hall–Kier alpha value is -3.17. The summed E-state index contributed by atoms with van der Waals surface area (Å²) in [7, 11) is 3.12. The van der Waals surface area contributed by atoms with Gasteiger partial charge in [-0.15, -0.1) is 11.3 Å². The van der Waals surface area contributed by atoms with Crippen molar-refractivity contribution in [2.24, 2.45) is 4.99 Å². The lowest BCUT2D eigenvalue weighted by molar-refractivity contribution is -0.139. The number of methoxy groups -OCH3 is 2. The zero-order valence-corrected chi connectivity index (χ0v) is 19.7. The Morgan fingerprint density at radius 1 is 1.22 bits per heavy atom. The highest BCUT2D eigenvalue weighted by Crippen LogP contribution is 2.33. The number of carbonyl (C=O) groups excluding carboxylic acids is 1. The fraction of sp³-hybridized carbons (Fsp3) is 0.261. The van der Waals surface area contributed by atoms with Gasteiger partial charge < -0.3 is 14.2 Å². The lowest BCUT2D eigenvalue weighted by Gasteiger charge is -2.23. The van der Waals surface area contributed by atoms with E-state index in [9.17, 15) is 9.59 Å². The van der Waals surface area contributed by atoms with E-state index in [0.29, 0.717) is 37.7 Å². The van der Waals surface area contributed by atoms with Gasteiger partial charge in [0.15, 0.2) is 16.3 Å². The molecule has 9 heteroatoms. The molecule has 166 valence electrons. The summed E-state index contributed by atoms with van der Waals surface area (Å²) in [4.78, 5) is 32.3. The number of aromatic nitrogens is 1. The van der Waals surface area contributed by atoms with E-state index in [1.807, 2.05) is 29.6 Å². The molecule has 3 heterocycles. The Morgan fingerprint density at radius 2 is 2.03 bits per heavy atom. The number of esters is 1. The van der Waals surface area contributed by atoms with Gasteiger partial charge in [0.2, 0.25) is 0 Å². The smallest absolute Gasteiger partial charge is 0.338 e. The maximum absolute atomic E-state index is 13.6. The summed E-state index contributed by atoms with van der Waals surface area (Å²) in [6.45, 7) is 3.77. The van der Waals surface area contributed by atoms with Crippen molar-refractivity contribution in [1.82, 2.24) is 4.57 Å². The van der Waals surface area contributed by atoms with Crippen molar-refractivity contribution in [2.75, 3.05) is 20.8 Å². The van der Waals surface area contributed by atoms with Crippen molar-refractivity contribution in [3.63, 3.8) is 0 Å². The molecule has 0 bridgehead atoms. The second-order valence-electron chi connectivity index (χ2n) is 6.90. The Labute approximate surface area is 192 Å². The molecule has 1 aromatic carbocycles. The number of rotatable bonds is 6. The third kappa shape index (κ3) is 3.78. The van der Waals surface area contributed by atoms with Crippen LogP contribution in [-0.4, -0.2) is 31.4 Å². The van der Waals surface area contributed by atoms with Crippen LogP contribution in [0.1, 0.15) is 30.3 Å². The molecule has 0 N–H and O–H groups in total. The fourth-order valence-electron chi connectivity index (χ4n) is 3.67. The number of hydrogen-bond acceptors (Lipinski definition) is 8. The number of fused-ring (bicyclic) bond motifs is 1. The molecule has 0 saturated carbocycles. The molecule has 1 aliphatic rings. The van der Waals surface area contributed by atoms with Crippen molar-refractivity contribution in [2.45, 2.75) is 19.9 Å². The van der Waals surface area contributed by atoms with Crippen LogP contribution in [-0.2, 0) is 9.53 Å². The molecular weight excluding hydrogens is 448 g/mol. The molecular formula is C23H22N2O5S2. The first-order valence-electron chi connectivity index (χ1n) is 9.94. The summed E-state index contributed by atoms with van der Waals surface area (Å²) in [5.41, 5.74) is 1.42. The third-order valence-corrected chi connectivity index (χ3v) is 6.96. The van der Waals surface area contributed by atoms with Gasteiger partial charge >= 0.3 is 5.97 Å². The Balaban J connectivity index is 1.95. The molecule has 0 spiro atoms. The molecule has 0 aliphatic carbocycles. The SMILES string of the molecule is CCOC(=O)C1=C(C)N=c2s/c(=C/c3cccc(OC)c3OC)c(=O)n2[C@@H]1c1cccs1. The number of thiophene rings is 1. The van der Waals surface area contributed by atoms with Gasteiger partial charge in [-0.05, 0) is 37.4 Å². The fourth-order valence-corrected chi connectivity index (χ4v) is 5.54. The molecule has 4 rings (SSSR count). The lowest BCUT2D eigenvalue weighted by atomic mass is 10.0. The van der Waals surface area contributed by atoms with E-state index in [1.54, 1.807) is 44.8 Å². The number of hydrogen-bond donors (Lipinski definition) is 0. The second kappa shape index (κ2) is 9.13. The van der Waals surface area contributed by atoms with Crippen molar-refractivity contribution in [3.05, 3.63) is 77.1 Å². The van der Waals surface area contributed by atoms with Crippen LogP contribution >= 0.6 is 22.7 Å². The highest BCUT2D eigenvalue weighted by molar-refractivity contribution is 7.10. The summed E-state index contributed by atoms with van der Waals surface area (Å²) in [6, 6.07) is 8.71. The highest BCUT2D eigenvalue weighted by atomic mass is 32.1. The molecule has 3 aromatic rings. The third-order valence-electron chi connectivity index (χ3n) is 5.05. The van der Waals surface area contributed by atoms with Gasteiger partial charge in [0.1, 0.15) is 6.04 Å². The van der Waals surface area contributed by atoms with Crippen LogP contribution in [0.3, 0.4) is 0 Å².